The monoisotopic (exact) mass is 263 g/mol. The molecule has 1 fully saturated rings. The van der Waals surface area contributed by atoms with Crippen molar-refractivity contribution >= 4 is 32.4 Å². The second-order valence-electron chi connectivity index (χ2n) is 4.73. The van der Waals surface area contributed by atoms with E-state index >= 15 is 0 Å². The van der Waals surface area contributed by atoms with Crippen LogP contribution >= 0.6 is 11.3 Å². The quantitative estimate of drug-likeness (QED) is 0.830. The second kappa shape index (κ2) is 4.74. The number of nitrogens with two attached hydrogens (primary N) is 1. The van der Waals surface area contributed by atoms with E-state index in [-0.39, 0.29) is 6.61 Å². The number of aliphatic hydroxyl groups is 1. The first-order valence-electron chi connectivity index (χ1n) is 6.31. The molecule has 18 heavy (non-hydrogen) atoms. The maximum absolute atomic E-state index is 9.20. The molecule has 1 saturated carbocycles. The van der Waals surface area contributed by atoms with E-state index in [4.69, 9.17) is 5.73 Å². The summed E-state index contributed by atoms with van der Waals surface area (Å²) in [7, 11) is 0. The molecule has 0 saturated heterocycles. The van der Waals surface area contributed by atoms with Crippen LogP contribution in [0.25, 0.3) is 10.2 Å². The molecule has 0 bridgehead atoms. The molecule has 4 nitrogen and oxygen atoms in total. The van der Waals surface area contributed by atoms with Crippen LogP contribution in [-0.2, 0) is 0 Å². The van der Waals surface area contributed by atoms with Gasteiger partial charge in [0.25, 0.3) is 0 Å². The molecule has 0 radical (unpaired) electrons. The lowest BCUT2D eigenvalue weighted by Crippen LogP contribution is -2.41. The standard InChI is InChI=1S/C13H17N3OS/c14-9-4-5-11-12(8-9)18-13(15-11)16(6-7-17)10-2-1-3-10/h4-5,8,10,17H,1-3,6-7,14H2. The zero-order valence-electron chi connectivity index (χ0n) is 10.2. The summed E-state index contributed by atoms with van der Waals surface area (Å²) in [4.78, 5) is 6.89. The van der Waals surface area contributed by atoms with Crippen LogP contribution in [0, 0.1) is 0 Å². The molecule has 2 aromatic rings. The molecule has 0 amide bonds. The summed E-state index contributed by atoms with van der Waals surface area (Å²) < 4.78 is 1.12. The summed E-state index contributed by atoms with van der Waals surface area (Å²) in [5, 5.41) is 10.2. The molecule has 1 aromatic carbocycles. The summed E-state index contributed by atoms with van der Waals surface area (Å²) in [5.74, 6) is 0. The SMILES string of the molecule is Nc1ccc2nc(N(CCO)C3CCC3)sc2c1. The summed E-state index contributed by atoms with van der Waals surface area (Å²) in [6, 6.07) is 6.36. The van der Waals surface area contributed by atoms with E-state index in [9.17, 15) is 5.11 Å². The molecule has 96 valence electrons. The Morgan fingerprint density at radius 1 is 1.44 bits per heavy atom. The van der Waals surface area contributed by atoms with E-state index in [2.05, 4.69) is 9.88 Å². The van der Waals surface area contributed by atoms with E-state index in [1.54, 1.807) is 11.3 Å². The van der Waals surface area contributed by atoms with Crippen LogP contribution in [0.2, 0.25) is 0 Å². The maximum atomic E-state index is 9.20. The van der Waals surface area contributed by atoms with Crippen molar-refractivity contribution in [2.75, 3.05) is 23.8 Å². The number of nitrogens with zero attached hydrogens (tertiary/aromatic N) is 2. The maximum Gasteiger partial charge on any atom is 0.186 e. The first-order chi connectivity index (χ1) is 8.78. The van der Waals surface area contributed by atoms with Gasteiger partial charge in [0.05, 0.1) is 16.8 Å². The number of hydrogen-bond donors (Lipinski definition) is 2. The number of aliphatic hydroxyl groups excluding tert-OH is 1. The third-order valence-corrected chi connectivity index (χ3v) is 4.56. The number of aromatic nitrogens is 1. The third kappa shape index (κ3) is 2.04. The highest BCUT2D eigenvalue weighted by atomic mass is 32.1. The number of fused-ring (bicyclic) bond motifs is 1. The predicted octanol–water partition coefficient (Wildman–Crippen LogP) is 2.23. The lowest BCUT2D eigenvalue weighted by molar-refractivity contribution is 0.283. The van der Waals surface area contributed by atoms with Gasteiger partial charge in [0.15, 0.2) is 5.13 Å². The van der Waals surface area contributed by atoms with Gasteiger partial charge in [-0.1, -0.05) is 11.3 Å². The van der Waals surface area contributed by atoms with Crippen LogP contribution in [-0.4, -0.2) is 29.3 Å². The Kier molecular flexibility index (Phi) is 3.09. The molecule has 1 aliphatic carbocycles. The lowest BCUT2D eigenvalue weighted by atomic mass is 9.92. The molecule has 0 aliphatic heterocycles. The average Bonchev–Trinajstić information content (AvgIpc) is 2.68. The predicted molar refractivity (Wildman–Crippen MR) is 76.1 cm³/mol. The van der Waals surface area contributed by atoms with E-state index in [0.29, 0.717) is 12.6 Å². The van der Waals surface area contributed by atoms with Gasteiger partial charge in [-0.2, -0.15) is 0 Å². The van der Waals surface area contributed by atoms with Crippen LogP contribution in [0.5, 0.6) is 0 Å². The van der Waals surface area contributed by atoms with Crippen LogP contribution in [0.1, 0.15) is 19.3 Å². The Labute approximate surface area is 110 Å². The Morgan fingerprint density at radius 3 is 2.94 bits per heavy atom. The summed E-state index contributed by atoms with van der Waals surface area (Å²) >= 11 is 1.66. The summed E-state index contributed by atoms with van der Waals surface area (Å²) in [5.41, 5.74) is 7.56. The zero-order chi connectivity index (χ0) is 12.5. The lowest BCUT2D eigenvalue weighted by Gasteiger charge is -2.37. The van der Waals surface area contributed by atoms with E-state index in [0.717, 1.165) is 21.0 Å². The summed E-state index contributed by atoms with van der Waals surface area (Å²) in [6.07, 6.45) is 3.70. The minimum Gasteiger partial charge on any atom is -0.399 e. The van der Waals surface area contributed by atoms with Crippen molar-refractivity contribution in [2.45, 2.75) is 25.3 Å². The van der Waals surface area contributed by atoms with Gasteiger partial charge in [-0.15, -0.1) is 0 Å². The number of hydrogen-bond acceptors (Lipinski definition) is 5. The molecule has 0 unspecified atom stereocenters. The van der Waals surface area contributed by atoms with Crippen LogP contribution < -0.4 is 10.6 Å². The highest BCUT2D eigenvalue weighted by molar-refractivity contribution is 7.22. The van der Waals surface area contributed by atoms with Gasteiger partial charge in [-0.25, -0.2) is 4.98 Å². The molecule has 1 heterocycles. The van der Waals surface area contributed by atoms with Crippen molar-refractivity contribution in [3.63, 3.8) is 0 Å². The third-order valence-electron chi connectivity index (χ3n) is 3.50. The number of rotatable bonds is 4. The van der Waals surface area contributed by atoms with Gasteiger partial charge >= 0.3 is 0 Å². The van der Waals surface area contributed by atoms with Crippen LogP contribution in [0.4, 0.5) is 10.8 Å². The Bertz CT molecular complexity index is 550. The van der Waals surface area contributed by atoms with Crippen molar-refractivity contribution in [1.82, 2.24) is 4.98 Å². The van der Waals surface area contributed by atoms with Gasteiger partial charge in [-0.05, 0) is 37.5 Å². The Hall–Kier alpha value is -1.33. The number of benzene rings is 1. The van der Waals surface area contributed by atoms with Crippen molar-refractivity contribution in [3.8, 4) is 0 Å². The van der Waals surface area contributed by atoms with Gasteiger partial charge in [0, 0.05) is 18.3 Å². The van der Waals surface area contributed by atoms with Crippen LogP contribution in [0.3, 0.4) is 0 Å². The van der Waals surface area contributed by atoms with Gasteiger partial charge in [0.1, 0.15) is 0 Å². The number of nitrogen functional groups attached to an aromatic ring is 1. The highest BCUT2D eigenvalue weighted by Gasteiger charge is 2.26. The molecule has 0 spiro atoms. The molecule has 1 aliphatic rings. The molecule has 0 atom stereocenters. The van der Waals surface area contributed by atoms with Crippen molar-refractivity contribution < 1.29 is 5.11 Å². The van der Waals surface area contributed by atoms with Crippen molar-refractivity contribution in [3.05, 3.63) is 18.2 Å². The summed E-state index contributed by atoms with van der Waals surface area (Å²) in [6.45, 7) is 0.842. The van der Waals surface area contributed by atoms with E-state index in [1.165, 1.54) is 19.3 Å². The Morgan fingerprint density at radius 2 is 2.28 bits per heavy atom. The van der Waals surface area contributed by atoms with Crippen molar-refractivity contribution in [2.24, 2.45) is 0 Å². The molecule has 3 rings (SSSR count). The average molecular weight is 263 g/mol. The fraction of sp³-hybridized carbons (Fsp3) is 0.462. The molecule has 1 aromatic heterocycles. The molecular weight excluding hydrogens is 246 g/mol. The highest BCUT2D eigenvalue weighted by Crippen LogP contribution is 2.35. The largest absolute Gasteiger partial charge is 0.399 e. The smallest absolute Gasteiger partial charge is 0.186 e. The topological polar surface area (TPSA) is 62.4 Å². The fourth-order valence-corrected chi connectivity index (χ4v) is 3.40. The second-order valence-corrected chi connectivity index (χ2v) is 5.73. The number of thiazole rings is 1. The van der Waals surface area contributed by atoms with Gasteiger partial charge in [0.2, 0.25) is 0 Å². The normalized spacial score (nSPS) is 15.8. The Balaban J connectivity index is 1.95. The van der Waals surface area contributed by atoms with Gasteiger partial charge in [-0.3, -0.25) is 0 Å². The first-order valence-corrected chi connectivity index (χ1v) is 7.13. The molecule has 3 N–H and O–H groups in total. The minimum atomic E-state index is 0.175. The van der Waals surface area contributed by atoms with Crippen LogP contribution in [0.15, 0.2) is 18.2 Å². The zero-order valence-corrected chi connectivity index (χ0v) is 11.0. The molecule has 5 heteroatoms. The first kappa shape index (κ1) is 11.7. The number of anilines is 2. The van der Waals surface area contributed by atoms with Crippen molar-refractivity contribution in [1.29, 1.82) is 0 Å². The molecular formula is C13H17N3OS. The minimum absolute atomic E-state index is 0.175. The van der Waals surface area contributed by atoms with Gasteiger partial charge < -0.3 is 15.7 Å². The van der Waals surface area contributed by atoms with E-state index < -0.39 is 0 Å². The fourth-order valence-electron chi connectivity index (χ4n) is 2.29. The van der Waals surface area contributed by atoms with E-state index in [1.807, 2.05) is 18.2 Å².